The van der Waals surface area contributed by atoms with Crippen molar-refractivity contribution in [1.29, 1.82) is 0 Å². The van der Waals surface area contributed by atoms with E-state index in [1.54, 1.807) is 14.2 Å². The van der Waals surface area contributed by atoms with Crippen LogP contribution in [0, 0.1) is 11.8 Å². The van der Waals surface area contributed by atoms with Gasteiger partial charge in [-0.25, -0.2) is 0 Å². The molecular formula is C27H34N4O3. The van der Waals surface area contributed by atoms with Gasteiger partial charge in [0, 0.05) is 42.2 Å². The molecule has 2 heterocycles. The van der Waals surface area contributed by atoms with E-state index in [2.05, 4.69) is 34.3 Å². The maximum atomic E-state index is 12.7. The molecule has 7 heteroatoms. The SMILES string of the molecule is COc1cc(CCc2cc(NC(=O)c3ccc(N4C[C@H](C)C[C@H](C)C4)cc3)n[nH]2)cc(OC)c1. The number of H-pyrrole nitrogens is 1. The van der Waals surface area contributed by atoms with E-state index in [1.165, 1.54) is 12.1 Å². The molecule has 1 aliphatic heterocycles. The van der Waals surface area contributed by atoms with E-state index >= 15 is 0 Å². The minimum absolute atomic E-state index is 0.164. The molecule has 0 aliphatic carbocycles. The molecule has 2 N–H and O–H groups in total. The van der Waals surface area contributed by atoms with Crippen LogP contribution >= 0.6 is 0 Å². The second-order valence-electron chi connectivity index (χ2n) is 9.35. The third-order valence-corrected chi connectivity index (χ3v) is 6.33. The number of carbonyl (C=O) groups excluding carboxylic acids is 1. The fourth-order valence-electron chi connectivity index (χ4n) is 4.73. The van der Waals surface area contributed by atoms with E-state index in [0.717, 1.165) is 48.7 Å². The number of benzene rings is 2. The molecule has 1 saturated heterocycles. The smallest absolute Gasteiger partial charge is 0.256 e. The zero-order chi connectivity index (χ0) is 24.1. The molecule has 4 rings (SSSR count). The van der Waals surface area contributed by atoms with Crippen molar-refractivity contribution in [2.24, 2.45) is 11.8 Å². The average Bonchev–Trinajstić information content (AvgIpc) is 3.29. The lowest BCUT2D eigenvalue weighted by Gasteiger charge is -2.36. The quantitative estimate of drug-likeness (QED) is 0.495. The number of nitrogens with one attached hydrogen (secondary N) is 2. The van der Waals surface area contributed by atoms with Crippen molar-refractivity contribution in [2.75, 3.05) is 37.5 Å². The van der Waals surface area contributed by atoms with Gasteiger partial charge >= 0.3 is 0 Å². The van der Waals surface area contributed by atoms with Crippen molar-refractivity contribution >= 4 is 17.4 Å². The standard InChI is InChI=1S/C27H34N4O3/c1-18-11-19(2)17-31(16-18)23-9-6-21(7-10-23)27(32)28-26-14-22(29-30-26)8-5-20-12-24(33-3)15-25(13-20)34-4/h6-7,9-10,12-15,18-19H,5,8,11,16-17H2,1-4H3,(H2,28,29,30,32)/t18-,19+. The van der Waals surface area contributed by atoms with Crippen LogP contribution in [0.1, 0.15) is 41.9 Å². The fraction of sp³-hybridized carbons (Fsp3) is 0.407. The molecule has 1 aromatic heterocycles. The van der Waals surface area contributed by atoms with E-state index in [4.69, 9.17) is 9.47 Å². The Morgan fingerprint density at radius 2 is 1.65 bits per heavy atom. The van der Waals surface area contributed by atoms with Crippen LogP contribution in [0.15, 0.2) is 48.5 Å². The largest absolute Gasteiger partial charge is 0.497 e. The van der Waals surface area contributed by atoms with Crippen LogP contribution in [0.4, 0.5) is 11.5 Å². The predicted molar refractivity (Wildman–Crippen MR) is 135 cm³/mol. The molecule has 3 aromatic rings. The first-order valence-electron chi connectivity index (χ1n) is 11.9. The van der Waals surface area contributed by atoms with Gasteiger partial charge in [-0.1, -0.05) is 13.8 Å². The maximum Gasteiger partial charge on any atom is 0.256 e. The van der Waals surface area contributed by atoms with E-state index < -0.39 is 0 Å². The van der Waals surface area contributed by atoms with Crippen LogP contribution in [-0.2, 0) is 12.8 Å². The van der Waals surface area contributed by atoms with Gasteiger partial charge in [0.15, 0.2) is 5.82 Å². The lowest BCUT2D eigenvalue weighted by Crippen LogP contribution is -2.38. The Morgan fingerprint density at radius 3 is 2.26 bits per heavy atom. The van der Waals surface area contributed by atoms with Gasteiger partial charge in [0.05, 0.1) is 14.2 Å². The number of aromatic nitrogens is 2. The van der Waals surface area contributed by atoms with Crippen molar-refractivity contribution in [3.05, 3.63) is 65.4 Å². The van der Waals surface area contributed by atoms with Crippen molar-refractivity contribution in [2.45, 2.75) is 33.1 Å². The highest BCUT2D eigenvalue weighted by molar-refractivity contribution is 6.03. The molecule has 0 bridgehead atoms. The molecule has 34 heavy (non-hydrogen) atoms. The van der Waals surface area contributed by atoms with Crippen LogP contribution in [0.3, 0.4) is 0 Å². The maximum absolute atomic E-state index is 12.7. The molecule has 0 saturated carbocycles. The summed E-state index contributed by atoms with van der Waals surface area (Å²) in [5.41, 5.74) is 3.84. The van der Waals surface area contributed by atoms with Gasteiger partial charge in [-0.15, -0.1) is 0 Å². The predicted octanol–water partition coefficient (Wildman–Crippen LogP) is 4.95. The van der Waals surface area contributed by atoms with Crippen LogP contribution < -0.4 is 19.7 Å². The van der Waals surface area contributed by atoms with E-state index in [9.17, 15) is 4.79 Å². The summed E-state index contributed by atoms with van der Waals surface area (Å²) in [5.74, 6) is 3.26. The third-order valence-electron chi connectivity index (χ3n) is 6.33. The number of ether oxygens (including phenoxy) is 2. The first-order chi connectivity index (χ1) is 16.4. The zero-order valence-electron chi connectivity index (χ0n) is 20.4. The monoisotopic (exact) mass is 462 g/mol. The molecule has 2 atom stereocenters. The van der Waals surface area contributed by atoms with Crippen molar-refractivity contribution in [3.8, 4) is 11.5 Å². The summed E-state index contributed by atoms with van der Waals surface area (Å²) < 4.78 is 10.7. The number of amides is 1. The summed E-state index contributed by atoms with van der Waals surface area (Å²) in [7, 11) is 3.29. The lowest BCUT2D eigenvalue weighted by atomic mass is 9.91. The van der Waals surface area contributed by atoms with Gasteiger partial charge in [0.2, 0.25) is 0 Å². The summed E-state index contributed by atoms with van der Waals surface area (Å²) in [5, 5.41) is 10.2. The van der Waals surface area contributed by atoms with Crippen molar-refractivity contribution in [1.82, 2.24) is 10.2 Å². The number of rotatable bonds is 8. The normalized spacial score (nSPS) is 17.9. The first kappa shape index (κ1) is 23.7. The number of anilines is 2. The van der Waals surface area contributed by atoms with E-state index in [1.807, 2.05) is 48.5 Å². The Morgan fingerprint density at radius 1 is 1.00 bits per heavy atom. The fourth-order valence-corrected chi connectivity index (χ4v) is 4.73. The van der Waals surface area contributed by atoms with E-state index in [-0.39, 0.29) is 5.91 Å². The highest BCUT2D eigenvalue weighted by Crippen LogP contribution is 2.27. The highest BCUT2D eigenvalue weighted by atomic mass is 16.5. The Labute approximate surface area is 201 Å². The van der Waals surface area contributed by atoms with Gasteiger partial charge < -0.3 is 19.7 Å². The average molecular weight is 463 g/mol. The second-order valence-corrected chi connectivity index (χ2v) is 9.35. The number of nitrogens with zero attached hydrogens (tertiary/aromatic N) is 2. The van der Waals surface area contributed by atoms with E-state index in [0.29, 0.717) is 23.2 Å². The summed E-state index contributed by atoms with van der Waals surface area (Å²) in [6.45, 7) is 6.73. The molecule has 2 aromatic carbocycles. The topological polar surface area (TPSA) is 79.5 Å². The zero-order valence-corrected chi connectivity index (χ0v) is 20.4. The van der Waals surface area contributed by atoms with Crippen molar-refractivity contribution < 1.29 is 14.3 Å². The molecule has 1 amide bonds. The number of carbonyl (C=O) groups is 1. The Kier molecular flexibility index (Phi) is 7.40. The van der Waals surface area contributed by atoms with Crippen LogP contribution in [0.25, 0.3) is 0 Å². The molecule has 0 spiro atoms. The highest BCUT2D eigenvalue weighted by Gasteiger charge is 2.22. The number of aromatic amines is 1. The number of piperidine rings is 1. The third kappa shape index (κ3) is 5.90. The number of hydrogen-bond donors (Lipinski definition) is 2. The Balaban J connectivity index is 1.33. The number of aryl methyl sites for hydroxylation is 2. The van der Waals surface area contributed by atoms with Crippen LogP contribution in [-0.4, -0.2) is 43.4 Å². The van der Waals surface area contributed by atoms with Crippen LogP contribution in [0.2, 0.25) is 0 Å². The minimum Gasteiger partial charge on any atom is -0.497 e. The molecule has 1 fully saturated rings. The first-order valence-corrected chi connectivity index (χ1v) is 11.9. The number of methoxy groups -OCH3 is 2. The molecule has 1 aliphatic rings. The van der Waals surface area contributed by atoms with Gasteiger partial charge in [0.1, 0.15) is 11.5 Å². The summed E-state index contributed by atoms with van der Waals surface area (Å²) in [4.78, 5) is 15.1. The van der Waals surface area contributed by atoms with Gasteiger partial charge in [-0.3, -0.25) is 9.89 Å². The lowest BCUT2D eigenvalue weighted by molar-refractivity contribution is 0.102. The van der Waals surface area contributed by atoms with Gasteiger partial charge in [-0.05, 0) is 73.1 Å². The number of hydrogen-bond acceptors (Lipinski definition) is 5. The van der Waals surface area contributed by atoms with Gasteiger partial charge in [-0.2, -0.15) is 5.10 Å². The molecule has 180 valence electrons. The molecule has 0 unspecified atom stereocenters. The molecular weight excluding hydrogens is 428 g/mol. The van der Waals surface area contributed by atoms with Crippen LogP contribution in [0.5, 0.6) is 11.5 Å². The van der Waals surface area contributed by atoms with Crippen molar-refractivity contribution in [3.63, 3.8) is 0 Å². The minimum atomic E-state index is -0.164. The molecule has 7 nitrogen and oxygen atoms in total. The summed E-state index contributed by atoms with van der Waals surface area (Å²) in [6, 6.07) is 15.6. The van der Waals surface area contributed by atoms with Gasteiger partial charge in [0.25, 0.3) is 5.91 Å². The Hall–Kier alpha value is -3.48. The Bertz CT molecular complexity index is 1080. The second kappa shape index (κ2) is 10.6. The summed E-state index contributed by atoms with van der Waals surface area (Å²) in [6.07, 6.45) is 2.81. The summed E-state index contributed by atoms with van der Waals surface area (Å²) >= 11 is 0. The molecule has 0 radical (unpaired) electrons.